The number of likely N-dealkylation sites (tertiary alicyclic amines) is 1. The number of halogens is 1. The molecule has 0 radical (unpaired) electrons. The van der Waals surface area contributed by atoms with Crippen molar-refractivity contribution in [1.29, 1.82) is 0 Å². The van der Waals surface area contributed by atoms with Crippen LogP contribution in [0.4, 0.5) is 5.69 Å². The molecule has 3 aromatic rings. The third-order valence-corrected chi connectivity index (χ3v) is 5.67. The molecule has 1 fully saturated rings. The smallest absolute Gasteiger partial charge is 0.338 e. The van der Waals surface area contributed by atoms with Gasteiger partial charge < -0.3 is 14.6 Å². The van der Waals surface area contributed by atoms with Gasteiger partial charge in [-0.3, -0.25) is 0 Å². The number of anilines is 1. The van der Waals surface area contributed by atoms with Crippen LogP contribution in [-0.2, 0) is 6.42 Å². The number of aryl methyl sites for hydroxylation is 1. The predicted octanol–water partition coefficient (Wildman–Crippen LogP) is 4.96. The van der Waals surface area contributed by atoms with Crippen LogP contribution in [0.25, 0.3) is 11.0 Å². The monoisotopic (exact) mass is 396 g/mol. The Bertz CT molecular complexity index is 979. The van der Waals surface area contributed by atoms with E-state index >= 15 is 0 Å². The Balaban J connectivity index is 1.32. The molecule has 28 heavy (non-hydrogen) atoms. The molecule has 4 nitrogen and oxygen atoms in total. The fourth-order valence-corrected chi connectivity index (χ4v) is 4.10. The zero-order valence-electron chi connectivity index (χ0n) is 15.9. The SMILES string of the molecule is O=c1cc(NC2CCN(CCCc3ccccc3)CC2)c2cc(Cl)ccc2o1. The van der Waals surface area contributed by atoms with Crippen molar-refractivity contribution in [3.63, 3.8) is 0 Å². The number of hydrogen-bond acceptors (Lipinski definition) is 4. The van der Waals surface area contributed by atoms with E-state index < -0.39 is 0 Å². The van der Waals surface area contributed by atoms with Gasteiger partial charge in [-0.05, 0) is 56.0 Å². The van der Waals surface area contributed by atoms with Gasteiger partial charge in [0, 0.05) is 35.6 Å². The van der Waals surface area contributed by atoms with Crippen LogP contribution in [0.5, 0.6) is 0 Å². The summed E-state index contributed by atoms with van der Waals surface area (Å²) in [5.74, 6) is 0. The molecule has 0 atom stereocenters. The molecule has 0 amide bonds. The Kier molecular flexibility index (Phi) is 5.98. The van der Waals surface area contributed by atoms with Crippen LogP contribution in [-0.4, -0.2) is 30.6 Å². The number of benzene rings is 2. The maximum Gasteiger partial charge on any atom is 0.338 e. The minimum Gasteiger partial charge on any atom is -0.423 e. The molecule has 5 heteroatoms. The molecule has 2 heterocycles. The van der Waals surface area contributed by atoms with Crippen LogP contribution < -0.4 is 10.9 Å². The van der Waals surface area contributed by atoms with Gasteiger partial charge in [-0.25, -0.2) is 4.79 Å². The molecule has 1 aliphatic rings. The summed E-state index contributed by atoms with van der Waals surface area (Å²) < 4.78 is 5.28. The van der Waals surface area contributed by atoms with Gasteiger partial charge in [0.1, 0.15) is 5.58 Å². The first-order valence-corrected chi connectivity index (χ1v) is 10.3. The molecule has 0 bridgehead atoms. The van der Waals surface area contributed by atoms with Crippen LogP contribution in [0.2, 0.25) is 5.02 Å². The summed E-state index contributed by atoms with van der Waals surface area (Å²) in [6, 6.07) is 17.9. The lowest BCUT2D eigenvalue weighted by Gasteiger charge is -2.33. The van der Waals surface area contributed by atoms with Crippen molar-refractivity contribution < 1.29 is 4.42 Å². The number of rotatable bonds is 6. The van der Waals surface area contributed by atoms with E-state index in [-0.39, 0.29) is 5.63 Å². The molecule has 1 saturated heterocycles. The second-order valence-corrected chi connectivity index (χ2v) is 7.91. The lowest BCUT2D eigenvalue weighted by Crippen LogP contribution is -2.39. The van der Waals surface area contributed by atoms with Gasteiger partial charge >= 0.3 is 5.63 Å². The largest absolute Gasteiger partial charge is 0.423 e. The molecule has 1 aromatic heterocycles. The van der Waals surface area contributed by atoms with Crippen molar-refractivity contribution in [2.24, 2.45) is 0 Å². The van der Waals surface area contributed by atoms with Gasteiger partial charge in [0.2, 0.25) is 0 Å². The predicted molar refractivity (Wildman–Crippen MR) is 115 cm³/mol. The fraction of sp³-hybridized carbons (Fsp3) is 0.348. The van der Waals surface area contributed by atoms with E-state index in [2.05, 4.69) is 40.5 Å². The van der Waals surface area contributed by atoms with Crippen LogP contribution in [0, 0.1) is 0 Å². The van der Waals surface area contributed by atoms with E-state index in [9.17, 15) is 4.79 Å². The highest BCUT2D eigenvalue weighted by molar-refractivity contribution is 6.31. The summed E-state index contributed by atoms with van der Waals surface area (Å²) in [5, 5.41) is 5.04. The average molecular weight is 397 g/mol. The highest BCUT2D eigenvalue weighted by atomic mass is 35.5. The molecule has 0 saturated carbocycles. The summed E-state index contributed by atoms with van der Waals surface area (Å²) in [5.41, 5.74) is 2.46. The second-order valence-electron chi connectivity index (χ2n) is 7.47. The Morgan fingerprint density at radius 3 is 2.64 bits per heavy atom. The summed E-state index contributed by atoms with van der Waals surface area (Å²) in [7, 11) is 0. The lowest BCUT2D eigenvalue weighted by atomic mass is 10.0. The number of nitrogens with zero attached hydrogens (tertiary/aromatic N) is 1. The van der Waals surface area contributed by atoms with E-state index in [1.165, 1.54) is 18.1 Å². The molecule has 0 spiro atoms. The molecule has 146 valence electrons. The average Bonchev–Trinajstić information content (AvgIpc) is 2.71. The van der Waals surface area contributed by atoms with Gasteiger partial charge in [0.25, 0.3) is 0 Å². The zero-order chi connectivity index (χ0) is 19.3. The number of piperidine rings is 1. The molecule has 0 aliphatic carbocycles. The molecular formula is C23H25ClN2O2. The van der Waals surface area contributed by atoms with E-state index in [4.69, 9.17) is 16.0 Å². The first-order chi connectivity index (χ1) is 13.7. The van der Waals surface area contributed by atoms with Gasteiger partial charge in [0.15, 0.2) is 0 Å². The van der Waals surface area contributed by atoms with Gasteiger partial charge in [-0.15, -0.1) is 0 Å². The van der Waals surface area contributed by atoms with Gasteiger partial charge in [-0.2, -0.15) is 0 Å². The summed E-state index contributed by atoms with van der Waals surface area (Å²) in [6.45, 7) is 3.29. The van der Waals surface area contributed by atoms with Crippen molar-refractivity contribution in [3.05, 3.63) is 75.6 Å². The van der Waals surface area contributed by atoms with Crippen molar-refractivity contribution in [3.8, 4) is 0 Å². The summed E-state index contributed by atoms with van der Waals surface area (Å²) in [6.07, 6.45) is 4.44. The molecule has 4 rings (SSSR count). The zero-order valence-corrected chi connectivity index (χ0v) is 16.6. The third kappa shape index (κ3) is 4.75. The highest BCUT2D eigenvalue weighted by Crippen LogP contribution is 2.27. The van der Waals surface area contributed by atoms with Crippen molar-refractivity contribution in [2.45, 2.75) is 31.7 Å². The van der Waals surface area contributed by atoms with Gasteiger partial charge in [-0.1, -0.05) is 41.9 Å². The number of fused-ring (bicyclic) bond motifs is 1. The van der Waals surface area contributed by atoms with Crippen LogP contribution >= 0.6 is 11.6 Å². The summed E-state index contributed by atoms with van der Waals surface area (Å²) >= 11 is 6.13. The maximum absolute atomic E-state index is 11.9. The topological polar surface area (TPSA) is 45.5 Å². The molecule has 0 unspecified atom stereocenters. The molecule has 1 N–H and O–H groups in total. The molecule has 2 aromatic carbocycles. The van der Waals surface area contributed by atoms with Crippen molar-refractivity contribution in [1.82, 2.24) is 4.90 Å². The number of nitrogens with one attached hydrogen (secondary N) is 1. The summed E-state index contributed by atoms with van der Waals surface area (Å²) in [4.78, 5) is 14.4. The first kappa shape index (κ1) is 19.0. The third-order valence-electron chi connectivity index (χ3n) is 5.43. The normalized spacial score (nSPS) is 15.8. The van der Waals surface area contributed by atoms with E-state index in [0.29, 0.717) is 16.6 Å². The standard InChI is InChI=1S/C23H25ClN2O2/c24-18-8-9-22-20(15-18)21(16-23(27)28-22)25-19-10-13-26(14-11-19)12-4-7-17-5-2-1-3-6-17/h1-3,5-6,8-9,15-16,19,25H,4,7,10-14H2. The van der Waals surface area contributed by atoms with E-state index in [0.717, 1.165) is 50.0 Å². The second kappa shape index (κ2) is 8.80. The highest BCUT2D eigenvalue weighted by Gasteiger charge is 2.20. The fourth-order valence-electron chi connectivity index (χ4n) is 3.93. The Morgan fingerprint density at radius 2 is 1.86 bits per heavy atom. The van der Waals surface area contributed by atoms with Crippen molar-refractivity contribution in [2.75, 3.05) is 25.0 Å². The Morgan fingerprint density at radius 1 is 1.07 bits per heavy atom. The Labute approximate surface area is 170 Å². The van der Waals surface area contributed by atoms with Crippen LogP contribution in [0.1, 0.15) is 24.8 Å². The van der Waals surface area contributed by atoms with E-state index in [1.807, 2.05) is 6.07 Å². The minimum atomic E-state index is -0.337. The quantitative estimate of drug-likeness (QED) is 0.598. The lowest BCUT2D eigenvalue weighted by molar-refractivity contribution is 0.217. The molecule has 1 aliphatic heterocycles. The van der Waals surface area contributed by atoms with Crippen LogP contribution in [0.3, 0.4) is 0 Å². The minimum absolute atomic E-state index is 0.337. The Hall–Kier alpha value is -2.30. The van der Waals surface area contributed by atoms with Gasteiger partial charge in [0.05, 0.1) is 5.69 Å². The first-order valence-electron chi connectivity index (χ1n) is 9.93. The van der Waals surface area contributed by atoms with E-state index in [1.54, 1.807) is 12.1 Å². The molecular weight excluding hydrogens is 372 g/mol. The maximum atomic E-state index is 11.9. The number of hydrogen-bond donors (Lipinski definition) is 1. The van der Waals surface area contributed by atoms with Crippen molar-refractivity contribution >= 4 is 28.3 Å². The van der Waals surface area contributed by atoms with Crippen LogP contribution in [0.15, 0.2) is 63.8 Å².